The Hall–Kier alpha value is -0.150. The van der Waals surface area contributed by atoms with Gasteiger partial charge in [-0.1, -0.05) is 0 Å². The molecule has 0 radical (unpaired) electrons. The summed E-state index contributed by atoms with van der Waals surface area (Å²) in [4.78, 5) is 2.32. The van der Waals surface area contributed by atoms with Gasteiger partial charge in [0.1, 0.15) is 6.67 Å². The van der Waals surface area contributed by atoms with Crippen molar-refractivity contribution in [1.29, 1.82) is 0 Å². The van der Waals surface area contributed by atoms with Crippen LogP contribution in [0.15, 0.2) is 0 Å². The number of hydrogen-bond donors (Lipinski definition) is 1. The van der Waals surface area contributed by atoms with E-state index in [0.29, 0.717) is 12.1 Å². The van der Waals surface area contributed by atoms with E-state index in [1.54, 1.807) is 0 Å². The highest BCUT2D eigenvalue weighted by Gasteiger charge is 2.24. The highest BCUT2D eigenvalue weighted by molar-refractivity contribution is 4.84. The van der Waals surface area contributed by atoms with Crippen LogP contribution in [0.5, 0.6) is 0 Å². The fourth-order valence-corrected chi connectivity index (χ4v) is 1.73. The van der Waals surface area contributed by atoms with Gasteiger partial charge in [0, 0.05) is 31.2 Å². The molecule has 2 atom stereocenters. The molecule has 1 saturated heterocycles. The van der Waals surface area contributed by atoms with Gasteiger partial charge in [-0.15, -0.1) is 0 Å². The number of piperazine rings is 1. The minimum atomic E-state index is -0.256. The molecule has 1 N–H and O–H groups in total. The van der Waals surface area contributed by atoms with Gasteiger partial charge in [0.15, 0.2) is 0 Å². The topological polar surface area (TPSA) is 15.3 Å². The Balaban J connectivity index is 2.45. The van der Waals surface area contributed by atoms with Gasteiger partial charge in [-0.25, -0.2) is 4.39 Å². The molecule has 2 nitrogen and oxygen atoms in total. The highest BCUT2D eigenvalue weighted by Crippen LogP contribution is 2.08. The van der Waals surface area contributed by atoms with E-state index in [-0.39, 0.29) is 12.7 Å². The Bertz CT molecular complexity index is 138. The fraction of sp³-hybridized carbons (Fsp3) is 1.00. The van der Waals surface area contributed by atoms with Gasteiger partial charge in [0.2, 0.25) is 0 Å². The molecule has 0 aromatic rings. The molecule has 0 unspecified atom stereocenters. The third-order valence-electron chi connectivity index (χ3n) is 2.40. The zero-order valence-corrected chi connectivity index (χ0v) is 8.18. The van der Waals surface area contributed by atoms with Crippen molar-refractivity contribution in [3.8, 4) is 0 Å². The Morgan fingerprint density at radius 2 is 2.17 bits per heavy atom. The van der Waals surface area contributed by atoms with Crippen molar-refractivity contribution in [3.05, 3.63) is 0 Å². The summed E-state index contributed by atoms with van der Waals surface area (Å²) in [5.74, 6) is 0. The third kappa shape index (κ3) is 2.42. The summed E-state index contributed by atoms with van der Waals surface area (Å²) in [6.07, 6.45) is 0. The van der Waals surface area contributed by atoms with E-state index in [0.717, 1.165) is 13.1 Å². The number of rotatable bonds is 2. The summed E-state index contributed by atoms with van der Waals surface area (Å²) in [5, 5.41) is 3.23. The monoisotopic (exact) mass is 174 g/mol. The second-order valence-corrected chi connectivity index (χ2v) is 3.97. The molecule has 1 rings (SSSR count). The normalized spacial score (nSPS) is 32.8. The molecular formula is C9H19FN2. The molecule has 12 heavy (non-hydrogen) atoms. The van der Waals surface area contributed by atoms with E-state index in [2.05, 4.69) is 31.0 Å². The second-order valence-electron chi connectivity index (χ2n) is 3.97. The first-order valence-electron chi connectivity index (χ1n) is 4.69. The molecular weight excluding hydrogens is 155 g/mol. The predicted molar refractivity (Wildman–Crippen MR) is 49.1 cm³/mol. The standard InChI is InChI=1S/C9H19FN2/c1-7(2)12-5-8(3)11-9(4-10)6-12/h7-9,11H,4-6H2,1-3H3/t8-,9+/m1/s1. The maximum atomic E-state index is 12.4. The largest absolute Gasteiger partial charge is 0.307 e. The molecule has 0 amide bonds. The van der Waals surface area contributed by atoms with Gasteiger partial charge >= 0.3 is 0 Å². The van der Waals surface area contributed by atoms with Crippen LogP contribution in [0.1, 0.15) is 20.8 Å². The molecule has 0 aromatic carbocycles. The maximum Gasteiger partial charge on any atom is 0.106 e. The minimum Gasteiger partial charge on any atom is -0.307 e. The molecule has 1 fully saturated rings. The van der Waals surface area contributed by atoms with Gasteiger partial charge in [-0.05, 0) is 20.8 Å². The summed E-state index contributed by atoms with van der Waals surface area (Å²) in [6, 6.07) is 0.988. The van der Waals surface area contributed by atoms with Gasteiger partial charge in [-0.2, -0.15) is 0 Å². The molecule has 72 valence electrons. The van der Waals surface area contributed by atoms with E-state index in [1.807, 2.05) is 0 Å². The van der Waals surface area contributed by atoms with Crippen LogP contribution in [-0.2, 0) is 0 Å². The van der Waals surface area contributed by atoms with Crippen molar-refractivity contribution in [2.45, 2.75) is 38.9 Å². The van der Waals surface area contributed by atoms with Crippen LogP contribution >= 0.6 is 0 Å². The first kappa shape index (κ1) is 9.93. The SMILES string of the molecule is CC(C)N1C[C@H](CF)N[C@H](C)C1. The molecule has 0 aliphatic carbocycles. The van der Waals surface area contributed by atoms with E-state index in [9.17, 15) is 4.39 Å². The lowest BCUT2D eigenvalue weighted by atomic mass is 10.1. The summed E-state index contributed by atoms with van der Waals surface area (Å²) in [5.41, 5.74) is 0. The zero-order valence-electron chi connectivity index (χ0n) is 8.18. The average Bonchev–Trinajstić information content (AvgIpc) is 2.03. The highest BCUT2D eigenvalue weighted by atomic mass is 19.1. The van der Waals surface area contributed by atoms with Crippen LogP contribution < -0.4 is 5.32 Å². The van der Waals surface area contributed by atoms with E-state index >= 15 is 0 Å². The lowest BCUT2D eigenvalue weighted by Crippen LogP contribution is -2.57. The number of nitrogens with one attached hydrogen (secondary N) is 1. The first-order valence-corrected chi connectivity index (χ1v) is 4.69. The average molecular weight is 174 g/mol. The number of halogens is 1. The van der Waals surface area contributed by atoms with Crippen LogP contribution in [0.4, 0.5) is 4.39 Å². The maximum absolute atomic E-state index is 12.4. The Morgan fingerprint density at radius 1 is 1.50 bits per heavy atom. The molecule has 0 spiro atoms. The molecule has 0 saturated carbocycles. The Kier molecular flexibility index (Phi) is 3.47. The fourth-order valence-electron chi connectivity index (χ4n) is 1.73. The summed E-state index contributed by atoms with van der Waals surface area (Å²) < 4.78 is 12.4. The quantitative estimate of drug-likeness (QED) is 0.672. The van der Waals surface area contributed by atoms with Crippen molar-refractivity contribution in [2.75, 3.05) is 19.8 Å². The number of nitrogens with zero attached hydrogens (tertiary/aromatic N) is 1. The van der Waals surface area contributed by atoms with Gasteiger partial charge in [-0.3, -0.25) is 4.90 Å². The smallest absolute Gasteiger partial charge is 0.106 e. The molecule has 1 aliphatic rings. The van der Waals surface area contributed by atoms with E-state index in [4.69, 9.17) is 0 Å². The second kappa shape index (κ2) is 4.19. The third-order valence-corrected chi connectivity index (χ3v) is 2.40. The first-order chi connectivity index (χ1) is 5.63. The molecule has 1 aliphatic heterocycles. The van der Waals surface area contributed by atoms with Crippen molar-refractivity contribution >= 4 is 0 Å². The summed E-state index contributed by atoms with van der Waals surface area (Å²) in [7, 11) is 0. The van der Waals surface area contributed by atoms with Crippen LogP contribution in [0.3, 0.4) is 0 Å². The van der Waals surface area contributed by atoms with Crippen LogP contribution in [0.25, 0.3) is 0 Å². The van der Waals surface area contributed by atoms with Gasteiger partial charge in [0.25, 0.3) is 0 Å². The van der Waals surface area contributed by atoms with Crippen LogP contribution in [-0.4, -0.2) is 42.8 Å². The van der Waals surface area contributed by atoms with Gasteiger partial charge < -0.3 is 5.32 Å². The molecule has 0 aromatic heterocycles. The van der Waals surface area contributed by atoms with Crippen molar-refractivity contribution in [3.63, 3.8) is 0 Å². The Labute approximate surface area is 74.1 Å². The lowest BCUT2D eigenvalue weighted by molar-refractivity contribution is 0.122. The molecule has 1 heterocycles. The molecule has 0 bridgehead atoms. The Morgan fingerprint density at radius 3 is 2.67 bits per heavy atom. The van der Waals surface area contributed by atoms with Crippen molar-refractivity contribution in [1.82, 2.24) is 10.2 Å². The summed E-state index contributed by atoms with van der Waals surface area (Å²) >= 11 is 0. The van der Waals surface area contributed by atoms with Crippen LogP contribution in [0, 0.1) is 0 Å². The predicted octanol–water partition coefficient (Wildman–Crippen LogP) is 1.03. The minimum absolute atomic E-state index is 0.0381. The summed E-state index contributed by atoms with van der Waals surface area (Å²) in [6.45, 7) is 8.05. The van der Waals surface area contributed by atoms with Crippen molar-refractivity contribution in [2.24, 2.45) is 0 Å². The van der Waals surface area contributed by atoms with Crippen LogP contribution in [0.2, 0.25) is 0 Å². The number of hydrogen-bond acceptors (Lipinski definition) is 2. The van der Waals surface area contributed by atoms with E-state index in [1.165, 1.54) is 0 Å². The van der Waals surface area contributed by atoms with E-state index < -0.39 is 0 Å². The van der Waals surface area contributed by atoms with Crippen molar-refractivity contribution < 1.29 is 4.39 Å². The zero-order chi connectivity index (χ0) is 9.14. The molecule has 3 heteroatoms. The number of alkyl halides is 1. The lowest BCUT2D eigenvalue weighted by Gasteiger charge is -2.38. The van der Waals surface area contributed by atoms with Gasteiger partial charge in [0.05, 0.1) is 0 Å².